The van der Waals surface area contributed by atoms with Crippen LogP contribution >= 0.6 is 11.3 Å². The largest absolute Gasteiger partial charge is 0.345 e. The van der Waals surface area contributed by atoms with Crippen LogP contribution in [0.5, 0.6) is 0 Å². The van der Waals surface area contributed by atoms with Gasteiger partial charge in [0.15, 0.2) is 0 Å². The number of carbonyl (C=O) groups excluding carboxylic acids is 2. The lowest BCUT2D eigenvalue weighted by Gasteiger charge is -2.13. The summed E-state index contributed by atoms with van der Waals surface area (Å²) in [4.78, 5) is 39.2. The average molecular weight is 319 g/mol. The predicted octanol–water partition coefficient (Wildman–Crippen LogP) is 1.71. The molecule has 0 aliphatic rings. The number of amides is 2. The Balaban J connectivity index is 2.36. The maximum absolute atomic E-state index is 12.2. The number of thiophene rings is 1. The number of hydrogen-bond donors (Lipinski definition) is 1. The van der Waals surface area contributed by atoms with Crippen LogP contribution in [0.25, 0.3) is 0 Å². The third kappa shape index (κ3) is 3.25. The molecule has 0 atom stereocenters. The molecule has 0 fully saturated rings. The van der Waals surface area contributed by atoms with Crippen LogP contribution in [0.3, 0.4) is 0 Å². The number of aryl methyl sites for hydroxylation is 2. The molecule has 2 rings (SSSR count). The van der Waals surface area contributed by atoms with Crippen molar-refractivity contribution in [2.75, 3.05) is 19.4 Å². The van der Waals surface area contributed by atoms with E-state index in [0.29, 0.717) is 10.4 Å². The molecular formula is C15H17N3O3S. The molecule has 0 aromatic carbocycles. The van der Waals surface area contributed by atoms with Gasteiger partial charge in [0, 0.05) is 32.2 Å². The lowest BCUT2D eigenvalue weighted by Crippen LogP contribution is -2.28. The maximum Gasteiger partial charge on any atom is 0.274 e. The highest BCUT2D eigenvalue weighted by Crippen LogP contribution is 2.16. The zero-order valence-corrected chi connectivity index (χ0v) is 13.7. The molecule has 0 saturated carbocycles. The molecular weight excluding hydrogens is 302 g/mol. The van der Waals surface area contributed by atoms with E-state index < -0.39 is 0 Å². The number of hydrogen-bond acceptors (Lipinski definition) is 4. The number of anilines is 1. The molecule has 0 saturated heterocycles. The van der Waals surface area contributed by atoms with Gasteiger partial charge in [0.1, 0.15) is 5.69 Å². The third-order valence-corrected chi connectivity index (χ3v) is 4.05. The zero-order chi connectivity index (χ0) is 16.4. The highest BCUT2D eigenvalue weighted by atomic mass is 32.1. The van der Waals surface area contributed by atoms with Crippen molar-refractivity contribution in [3.05, 3.63) is 50.1 Å². The Morgan fingerprint density at radius 2 is 1.95 bits per heavy atom. The van der Waals surface area contributed by atoms with Gasteiger partial charge in [0.25, 0.3) is 17.4 Å². The fraction of sp³-hybridized carbons (Fsp3) is 0.267. The van der Waals surface area contributed by atoms with E-state index in [1.165, 1.54) is 33.1 Å². The van der Waals surface area contributed by atoms with Crippen molar-refractivity contribution in [1.82, 2.24) is 9.47 Å². The summed E-state index contributed by atoms with van der Waals surface area (Å²) < 4.78 is 1.28. The molecule has 2 aromatic rings. The van der Waals surface area contributed by atoms with Crippen LogP contribution < -0.4 is 10.9 Å². The van der Waals surface area contributed by atoms with Crippen LogP contribution in [0.1, 0.15) is 24.9 Å². The Kier molecular flexibility index (Phi) is 4.46. The first-order chi connectivity index (χ1) is 10.3. The van der Waals surface area contributed by atoms with Gasteiger partial charge in [-0.05, 0) is 25.1 Å². The quantitative estimate of drug-likeness (QED) is 0.936. The topological polar surface area (TPSA) is 71.4 Å². The van der Waals surface area contributed by atoms with Crippen molar-refractivity contribution < 1.29 is 9.59 Å². The summed E-state index contributed by atoms with van der Waals surface area (Å²) in [5.41, 5.74) is 0.0629. The number of aromatic nitrogens is 1. The number of nitrogens with zero attached hydrogens (tertiary/aromatic N) is 2. The van der Waals surface area contributed by atoms with E-state index in [1.54, 1.807) is 27.2 Å². The number of carbonyl (C=O) groups is 2. The highest BCUT2D eigenvalue weighted by Gasteiger charge is 2.15. The summed E-state index contributed by atoms with van der Waals surface area (Å²) in [7, 11) is 4.79. The predicted molar refractivity (Wildman–Crippen MR) is 86.7 cm³/mol. The van der Waals surface area contributed by atoms with Crippen molar-refractivity contribution in [3.8, 4) is 0 Å². The van der Waals surface area contributed by atoms with Gasteiger partial charge in [-0.3, -0.25) is 14.4 Å². The Morgan fingerprint density at radius 1 is 1.27 bits per heavy atom. The van der Waals surface area contributed by atoms with E-state index in [2.05, 4.69) is 5.32 Å². The van der Waals surface area contributed by atoms with Crippen LogP contribution in [0.15, 0.2) is 29.2 Å². The summed E-state index contributed by atoms with van der Waals surface area (Å²) in [6.07, 6.45) is 1.45. The molecule has 6 nitrogen and oxygen atoms in total. The normalized spacial score (nSPS) is 10.4. The molecule has 2 amide bonds. The van der Waals surface area contributed by atoms with Gasteiger partial charge in [-0.1, -0.05) is 0 Å². The minimum absolute atomic E-state index is 0.0891. The molecule has 0 bridgehead atoms. The molecule has 0 spiro atoms. The van der Waals surface area contributed by atoms with Crippen LogP contribution in [0, 0.1) is 6.92 Å². The van der Waals surface area contributed by atoms with Gasteiger partial charge in [-0.2, -0.15) is 0 Å². The average Bonchev–Trinajstić information content (AvgIpc) is 2.89. The van der Waals surface area contributed by atoms with Crippen molar-refractivity contribution in [1.29, 1.82) is 0 Å². The maximum atomic E-state index is 12.2. The zero-order valence-electron chi connectivity index (χ0n) is 12.8. The van der Waals surface area contributed by atoms with Crippen molar-refractivity contribution >= 4 is 28.8 Å². The molecule has 2 aromatic heterocycles. The lowest BCUT2D eigenvalue weighted by molar-refractivity contribution is 0.0826. The Labute approximate surface area is 132 Å². The SMILES string of the molecule is Cc1ccc(C(=O)Nc2cc(C(=O)N(C)C)cn(C)c2=O)s1. The Bertz CT molecular complexity index is 790. The smallest absolute Gasteiger partial charge is 0.274 e. The van der Waals surface area contributed by atoms with Crippen LogP contribution in [0.4, 0.5) is 5.69 Å². The first-order valence-electron chi connectivity index (χ1n) is 6.59. The van der Waals surface area contributed by atoms with E-state index in [4.69, 9.17) is 0 Å². The molecule has 22 heavy (non-hydrogen) atoms. The van der Waals surface area contributed by atoms with Gasteiger partial charge in [0.05, 0.1) is 10.4 Å². The van der Waals surface area contributed by atoms with Gasteiger partial charge >= 0.3 is 0 Å². The fourth-order valence-corrected chi connectivity index (χ4v) is 2.68. The molecule has 0 radical (unpaired) electrons. The van der Waals surface area contributed by atoms with Crippen molar-refractivity contribution in [2.45, 2.75) is 6.92 Å². The molecule has 1 N–H and O–H groups in total. The van der Waals surface area contributed by atoms with E-state index in [-0.39, 0.29) is 23.1 Å². The van der Waals surface area contributed by atoms with E-state index in [0.717, 1.165) is 4.88 Å². The summed E-state index contributed by atoms with van der Waals surface area (Å²) in [5.74, 6) is -0.595. The van der Waals surface area contributed by atoms with Crippen LogP contribution in [-0.4, -0.2) is 35.4 Å². The van der Waals surface area contributed by atoms with E-state index >= 15 is 0 Å². The first kappa shape index (κ1) is 16.0. The Morgan fingerprint density at radius 3 is 2.50 bits per heavy atom. The summed E-state index contributed by atoms with van der Waals surface area (Å²) in [6.45, 7) is 1.90. The fourth-order valence-electron chi connectivity index (χ4n) is 1.92. The molecule has 7 heteroatoms. The number of nitrogens with one attached hydrogen (secondary N) is 1. The first-order valence-corrected chi connectivity index (χ1v) is 7.41. The van der Waals surface area contributed by atoms with E-state index in [9.17, 15) is 14.4 Å². The van der Waals surface area contributed by atoms with Gasteiger partial charge in [-0.15, -0.1) is 11.3 Å². The van der Waals surface area contributed by atoms with Gasteiger partial charge < -0.3 is 14.8 Å². The van der Waals surface area contributed by atoms with Gasteiger partial charge in [0.2, 0.25) is 0 Å². The Hall–Kier alpha value is -2.41. The van der Waals surface area contributed by atoms with Crippen molar-refractivity contribution in [3.63, 3.8) is 0 Å². The molecule has 116 valence electrons. The minimum atomic E-state index is -0.364. The second-order valence-corrected chi connectivity index (χ2v) is 6.41. The lowest BCUT2D eigenvalue weighted by atomic mass is 10.2. The summed E-state index contributed by atoms with van der Waals surface area (Å²) in [6, 6.07) is 4.95. The summed E-state index contributed by atoms with van der Waals surface area (Å²) >= 11 is 1.34. The van der Waals surface area contributed by atoms with Gasteiger partial charge in [-0.25, -0.2) is 0 Å². The monoisotopic (exact) mass is 319 g/mol. The highest BCUT2D eigenvalue weighted by molar-refractivity contribution is 7.14. The van der Waals surface area contributed by atoms with Crippen LogP contribution in [-0.2, 0) is 7.05 Å². The van der Waals surface area contributed by atoms with Crippen LogP contribution in [0.2, 0.25) is 0 Å². The number of pyridine rings is 1. The third-order valence-electron chi connectivity index (χ3n) is 3.05. The molecule has 0 aliphatic carbocycles. The molecule has 2 heterocycles. The summed E-state index contributed by atoms with van der Waals surface area (Å²) in [5, 5.41) is 2.58. The molecule has 0 aliphatic heterocycles. The number of rotatable bonds is 3. The standard InChI is InChI=1S/C15H17N3O3S/c1-9-5-6-12(22-9)13(19)16-11-7-10(14(20)17(2)3)8-18(4)15(11)21/h5-8H,1-4H3,(H,16,19). The second-order valence-electron chi connectivity index (χ2n) is 5.12. The van der Waals surface area contributed by atoms with E-state index in [1.807, 2.05) is 13.0 Å². The minimum Gasteiger partial charge on any atom is -0.345 e. The molecule has 0 unspecified atom stereocenters. The second kappa shape index (κ2) is 6.15. The van der Waals surface area contributed by atoms with Crippen molar-refractivity contribution in [2.24, 2.45) is 7.05 Å².